The van der Waals surface area contributed by atoms with Gasteiger partial charge in [0.15, 0.2) is 0 Å². The molecule has 94 valence electrons. The van der Waals surface area contributed by atoms with Crippen molar-refractivity contribution in [3.8, 4) is 0 Å². The summed E-state index contributed by atoms with van der Waals surface area (Å²) in [5.41, 5.74) is 0. The van der Waals surface area contributed by atoms with Crippen molar-refractivity contribution in [2.45, 2.75) is 44.8 Å². The molecular formula is C13H26N2O. The van der Waals surface area contributed by atoms with Gasteiger partial charge in [-0.1, -0.05) is 0 Å². The lowest BCUT2D eigenvalue weighted by Gasteiger charge is -2.36. The summed E-state index contributed by atoms with van der Waals surface area (Å²) in [6.45, 7) is 6.97. The van der Waals surface area contributed by atoms with E-state index in [9.17, 15) is 0 Å². The Morgan fingerprint density at radius 2 is 2.25 bits per heavy atom. The van der Waals surface area contributed by atoms with Crippen molar-refractivity contribution in [1.82, 2.24) is 10.2 Å². The van der Waals surface area contributed by atoms with Gasteiger partial charge < -0.3 is 15.0 Å². The van der Waals surface area contributed by atoms with Crippen LogP contribution in [0.25, 0.3) is 0 Å². The maximum atomic E-state index is 5.72. The topological polar surface area (TPSA) is 24.5 Å². The van der Waals surface area contributed by atoms with E-state index in [1.165, 1.54) is 38.8 Å². The highest BCUT2D eigenvalue weighted by molar-refractivity contribution is 4.81. The fourth-order valence-corrected chi connectivity index (χ4v) is 2.98. The first-order valence-corrected chi connectivity index (χ1v) is 6.81. The van der Waals surface area contributed by atoms with Gasteiger partial charge in [0.2, 0.25) is 0 Å². The number of likely N-dealkylation sites (tertiary alicyclic amines) is 1. The Labute approximate surface area is 99.5 Å². The molecule has 3 heteroatoms. The smallest absolute Gasteiger partial charge is 0.0702 e. The van der Waals surface area contributed by atoms with Crippen molar-refractivity contribution in [1.29, 1.82) is 0 Å². The fourth-order valence-electron chi connectivity index (χ4n) is 2.98. The first-order valence-electron chi connectivity index (χ1n) is 6.81. The minimum absolute atomic E-state index is 0.517. The molecule has 2 fully saturated rings. The van der Waals surface area contributed by atoms with Crippen LogP contribution in [0, 0.1) is 5.92 Å². The van der Waals surface area contributed by atoms with E-state index in [0.717, 1.165) is 19.1 Å². The van der Waals surface area contributed by atoms with Gasteiger partial charge in [0.1, 0.15) is 0 Å². The molecule has 0 radical (unpaired) electrons. The molecule has 0 spiro atoms. The highest BCUT2D eigenvalue weighted by atomic mass is 16.5. The van der Waals surface area contributed by atoms with Crippen molar-refractivity contribution in [2.24, 2.45) is 5.92 Å². The highest BCUT2D eigenvalue weighted by Gasteiger charge is 2.26. The molecule has 0 saturated carbocycles. The van der Waals surface area contributed by atoms with E-state index in [1.54, 1.807) is 0 Å². The summed E-state index contributed by atoms with van der Waals surface area (Å²) in [6.07, 6.45) is 5.77. The molecule has 1 N–H and O–H groups in total. The van der Waals surface area contributed by atoms with Gasteiger partial charge in [-0.25, -0.2) is 0 Å². The van der Waals surface area contributed by atoms with E-state index in [1.807, 2.05) is 0 Å². The zero-order valence-electron chi connectivity index (χ0n) is 10.7. The summed E-state index contributed by atoms with van der Waals surface area (Å²) in [5, 5.41) is 3.39. The van der Waals surface area contributed by atoms with Crippen molar-refractivity contribution in [2.75, 3.05) is 33.3 Å². The first-order chi connectivity index (χ1) is 7.79. The molecule has 3 atom stereocenters. The Morgan fingerprint density at radius 3 is 2.94 bits per heavy atom. The van der Waals surface area contributed by atoms with Gasteiger partial charge in [0, 0.05) is 25.7 Å². The summed E-state index contributed by atoms with van der Waals surface area (Å²) < 4.78 is 5.72. The Morgan fingerprint density at radius 1 is 1.38 bits per heavy atom. The molecule has 0 bridgehead atoms. The predicted molar refractivity (Wildman–Crippen MR) is 66.7 cm³/mol. The van der Waals surface area contributed by atoms with Crippen LogP contribution in [0.5, 0.6) is 0 Å². The van der Waals surface area contributed by atoms with Crippen LogP contribution in [0.3, 0.4) is 0 Å². The van der Waals surface area contributed by atoms with Crippen LogP contribution in [0.1, 0.15) is 32.6 Å². The standard InChI is InChI=1S/C13H26N2O/c1-11(14-2)12-5-3-7-15(9-12)10-13-6-4-8-16-13/h11-14H,3-10H2,1-2H3. The molecule has 0 amide bonds. The van der Waals surface area contributed by atoms with Gasteiger partial charge in [0.05, 0.1) is 6.10 Å². The summed E-state index contributed by atoms with van der Waals surface area (Å²) in [6, 6.07) is 0.646. The summed E-state index contributed by atoms with van der Waals surface area (Å²) >= 11 is 0. The molecule has 2 aliphatic heterocycles. The SMILES string of the molecule is CNC(C)C1CCCN(CC2CCCO2)C1. The molecule has 0 aromatic carbocycles. The van der Waals surface area contributed by atoms with E-state index in [2.05, 4.69) is 24.2 Å². The molecule has 0 aromatic rings. The van der Waals surface area contributed by atoms with Crippen LogP contribution in [0.2, 0.25) is 0 Å². The van der Waals surface area contributed by atoms with Crippen LogP contribution in [-0.2, 0) is 4.74 Å². The Kier molecular flexibility index (Phi) is 4.62. The Balaban J connectivity index is 1.77. The van der Waals surface area contributed by atoms with Gasteiger partial charge in [-0.05, 0) is 52.1 Å². The van der Waals surface area contributed by atoms with Gasteiger partial charge in [-0.2, -0.15) is 0 Å². The molecule has 2 aliphatic rings. The molecule has 0 aromatic heterocycles. The lowest BCUT2D eigenvalue weighted by atomic mass is 9.91. The molecule has 0 aliphatic carbocycles. The lowest BCUT2D eigenvalue weighted by Crippen LogP contribution is -2.45. The average molecular weight is 226 g/mol. The fraction of sp³-hybridized carbons (Fsp3) is 1.00. The summed E-state index contributed by atoms with van der Waals surface area (Å²) in [5.74, 6) is 0.820. The zero-order chi connectivity index (χ0) is 11.4. The summed E-state index contributed by atoms with van der Waals surface area (Å²) in [7, 11) is 2.07. The minimum atomic E-state index is 0.517. The minimum Gasteiger partial charge on any atom is -0.377 e. The Bertz CT molecular complexity index is 204. The molecule has 16 heavy (non-hydrogen) atoms. The van der Waals surface area contributed by atoms with E-state index < -0.39 is 0 Å². The maximum Gasteiger partial charge on any atom is 0.0702 e. The van der Waals surface area contributed by atoms with Gasteiger partial charge in [-0.3, -0.25) is 0 Å². The quantitative estimate of drug-likeness (QED) is 0.786. The number of ether oxygens (including phenoxy) is 1. The molecule has 2 heterocycles. The second-order valence-corrected chi connectivity index (χ2v) is 5.37. The van der Waals surface area contributed by atoms with Gasteiger partial charge in [-0.15, -0.1) is 0 Å². The number of hydrogen-bond donors (Lipinski definition) is 1. The van der Waals surface area contributed by atoms with Gasteiger partial charge in [0.25, 0.3) is 0 Å². The van der Waals surface area contributed by atoms with Crippen LogP contribution in [0.15, 0.2) is 0 Å². The number of hydrogen-bond acceptors (Lipinski definition) is 3. The third-order valence-electron chi connectivity index (χ3n) is 4.19. The maximum absolute atomic E-state index is 5.72. The largest absolute Gasteiger partial charge is 0.377 e. The van der Waals surface area contributed by atoms with Crippen molar-refractivity contribution >= 4 is 0 Å². The van der Waals surface area contributed by atoms with E-state index in [-0.39, 0.29) is 0 Å². The molecule has 3 nitrogen and oxygen atoms in total. The number of piperidine rings is 1. The number of rotatable bonds is 4. The van der Waals surface area contributed by atoms with Crippen LogP contribution in [0.4, 0.5) is 0 Å². The van der Waals surface area contributed by atoms with Crippen molar-refractivity contribution in [3.63, 3.8) is 0 Å². The van der Waals surface area contributed by atoms with E-state index >= 15 is 0 Å². The van der Waals surface area contributed by atoms with E-state index in [4.69, 9.17) is 4.74 Å². The molecule has 3 unspecified atom stereocenters. The second-order valence-electron chi connectivity index (χ2n) is 5.37. The predicted octanol–water partition coefficient (Wildman–Crippen LogP) is 1.49. The number of nitrogens with zero attached hydrogens (tertiary/aromatic N) is 1. The third-order valence-corrected chi connectivity index (χ3v) is 4.19. The average Bonchev–Trinajstić information content (AvgIpc) is 2.81. The van der Waals surface area contributed by atoms with Gasteiger partial charge >= 0.3 is 0 Å². The molecule has 2 saturated heterocycles. The van der Waals surface area contributed by atoms with Crippen molar-refractivity contribution < 1.29 is 4.74 Å². The first kappa shape index (κ1) is 12.3. The zero-order valence-corrected chi connectivity index (χ0v) is 10.7. The van der Waals surface area contributed by atoms with Crippen LogP contribution >= 0.6 is 0 Å². The normalized spacial score (nSPS) is 34.1. The lowest BCUT2D eigenvalue weighted by molar-refractivity contribution is 0.0528. The third kappa shape index (κ3) is 3.19. The second kappa shape index (κ2) is 5.99. The number of nitrogens with one attached hydrogen (secondary N) is 1. The Hall–Kier alpha value is -0.120. The van der Waals surface area contributed by atoms with Crippen LogP contribution in [-0.4, -0.2) is 50.3 Å². The van der Waals surface area contributed by atoms with Crippen molar-refractivity contribution in [3.05, 3.63) is 0 Å². The van der Waals surface area contributed by atoms with Crippen LogP contribution < -0.4 is 5.32 Å². The summed E-state index contributed by atoms with van der Waals surface area (Å²) in [4.78, 5) is 2.61. The highest BCUT2D eigenvalue weighted by Crippen LogP contribution is 2.21. The molecular weight excluding hydrogens is 200 g/mol. The van der Waals surface area contributed by atoms with E-state index in [0.29, 0.717) is 12.1 Å². The monoisotopic (exact) mass is 226 g/mol. The molecule has 2 rings (SSSR count).